The van der Waals surface area contributed by atoms with Crippen molar-refractivity contribution in [2.24, 2.45) is 0 Å². The zero-order chi connectivity index (χ0) is 5.54. The van der Waals surface area contributed by atoms with E-state index in [0.29, 0.717) is 0 Å². The Labute approximate surface area is 61.8 Å². The van der Waals surface area contributed by atoms with Crippen molar-refractivity contribution in [3.8, 4) is 0 Å². The van der Waals surface area contributed by atoms with Crippen molar-refractivity contribution in [2.75, 3.05) is 5.33 Å². The Morgan fingerprint density at radius 2 is 1.75 bits per heavy atom. The highest BCUT2D eigenvalue weighted by molar-refractivity contribution is 9.09. The van der Waals surface area contributed by atoms with Crippen molar-refractivity contribution in [2.45, 2.75) is 32.6 Å². The summed E-state index contributed by atoms with van der Waals surface area (Å²) < 4.78 is 0. The fraction of sp³-hybridized carbons (Fsp3) is 0.857. The van der Waals surface area contributed by atoms with Gasteiger partial charge in [0.05, 0.1) is 0 Å². The third-order valence-electron chi connectivity index (χ3n) is 0.987. The molecule has 0 fully saturated rings. The summed E-state index contributed by atoms with van der Waals surface area (Å²) in [4.78, 5) is 0. The lowest BCUT2D eigenvalue weighted by Crippen LogP contribution is -1.73. The monoisotopic (exact) mass is 176 g/mol. The van der Waals surface area contributed by atoms with Gasteiger partial charge >= 0.3 is 0 Å². The predicted molar refractivity (Wildman–Crippen MR) is 41.2 cm³/mol. The van der Waals surface area contributed by atoms with Crippen molar-refractivity contribution in [1.82, 2.24) is 0 Å². The highest BCUT2D eigenvalue weighted by Gasteiger charge is 1.81. The molecule has 0 aromatic heterocycles. The van der Waals surface area contributed by atoms with E-state index < -0.39 is 0 Å². The number of halogens is 1. The van der Waals surface area contributed by atoms with Gasteiger partial charge in [0, 0.05) is 12.8 Å². The number of hydrogen-bond donors (Lipinski definition) is 0. The Balaban J connectivity index is 0. The van der Waals surface area contributed by atoms with E-state index >= 15 is 0 Å². The molecule has 48 valence electrons. The molecule has 0 aromatic carbocycles. The maximum Gasteiger partial charge on any atom is 0.00313 e. The lowest BCUT2D eigenvalue weighted by atomic mass is 10.2. The molecular formula is C7H13Br. The highest BCUT2D eigenvalue weighted by Crippen LogP contribution is 1.99. The summed E-state index contributed by atoms with van der Waals surface area (Å²) in [6.45, 7) is 2.23. The SMILES string of the molecule is CCCCCCBr.[C]. The quantitative estimate of drug-likeness (QED) is 0.457. The molecule has 0 saturated heterocycles. The molecule has 0 bridgehead atoms. The van der Waals surface area contributed by atoms with Crippen LogP contribution in [-0.4, -0.2) is 5.33 Å². The maximum atomic E-state index is 3.38. The Bertz CT molecular complexity index is 23.6. The van der Waals surface area contributed by atoms with Gasteiger partial charge in [-0.1, -0.05) is 42.1 Å². The van der Waals surface area contributed by atoms with Gasteiger partial charge in [-0.15, -0.1) is 0 Å². The summed E-state index contributed by atoms with van der Waals surface area (Å²) in [5.74, 6) is 0. The first-order valence-corrected chi connectivity index (χ1v) is 4.10. The predicted octanol–water partition coefficient (Wildman–Crippen LogP) is 3.04. The number of alkyl halides is 1. The van der Waals surface area contributed by atoms with E-state index in [2.05, 4.69) is 22.9 Å². The molecule has 0 rings (SSSR count). The Kier molecular flexibility index (Phi) is 14.8. The first-order valence-electron chi connectivity index (χ1n) is 2.97. The van der Waals surface area contributed by atoms with Crippen molar-refractivity contribution in [3.05, 3.63) is 7.43 Å². The summed E-state index contributed by atoms with van der Waals surface area (Å²) in [5, 5.41) is 1.17. The smallest absolute Gasteiger partial charge is 0.00313 e. The molecule has 8 heavy (non-hydrogen) atoms. The van der Waals surface area contributed by atoms with Crippen molar-refractivity contribution < 1.29 is 0 Å². The molecule has 0 aliphatic heterocycles. The molecule has 0 atom stereocenters. The van der Waals surface area contributed by atoms with Crippen LogP contribution in [0.5, 0.6) is 0 Å². The van der Waals surface area contributed by atoms with Crippen LogP contribution in [0.2, 0.25) is 0 Å². The van der Waals surface area contributed by atoms with Crippen LogP contribution in [0.4, 0.5) is 0 Å². The third kappa shape index (κ3) is 9.70. The zero-order valence-corrected chi connectivity index (χ0v) is 7.00. The van der Waals surface area contributed by atoms with Gasteiger partial charge in [0.25, 0.3) is 0 Å². The first kappa shape index (κ1) is 11.3. The molecule has 0 saturated carbocycles. The fourth-order valence-electron chi connectivity index (χ4n) is 0.521. The molecule has 1 heteroatoms. The van der Waals surface area contributed by atoms with Crippen LogP contribution in [0.15, 0.2) is 0 Å². The molecule has 0 unspecified atom stereocenters. The second kappa shape index (κ2) is 10.5. The van der Waals surface area contributed by atoms with E-state index in [1.54, 1.807) is 0 Å². The van der Waals surface area contributed by atoms with Crippen molar-refractivity contribution >= 4 is 15.9 Å². The molecule has 0 aliphatic rings. The van der Waals surface area contributed by atoms with Crippen LogP contribution in [-0.2, 0) is 0 Å². The van der Waals surface area contributed by atoms with Gasteiger partial charge in [0.2, 0.25) is 0 Å². The van der Waals surface area contributed by atoms with Gasteiger partial charge in [0.15, 0.2) is 0 Å². The second-order valence-corrected chi connectivity index (χ2v) is 2.54. The van der Waals surface area contributed by atoms with Crippen LogP contribution in [0.25, 0.3) is 0 Å². The van der Waals surface area contributed by atoms with Crippen LogP contribution in [0.3, 0.4) is 0 Å². The minimum atomic E-state index is 0. The Morgan fingerprint density at radius 1 is 1.12 bits per heavy atom. The molecule has 4 radical (unpaired) electrons. The van der Waals surface area contributed by atoms with Crippen molar-refractivity contribution in [3.63, 3.8) is 0 Å². The minimum absolute atomic E-state index is 0. The summed E-state index contributed by atoms with van der Waals surface area (Å²) in [6.07, 6.45) is 5.47. The fourth-order valence-corrected chi connectivity index (χ4v) is 0.918. The lowest BCUT2D eigenvalue weighted by Gasteiger charge is -1.89. The number of unbranched alkanes of at least 4 members (excludes halogenated alkanes) is 3. The third-order valence-corrected chi connectivity index (χ3v) is 1.55. The molecule has 0 nitrogen and oxygen atoms in total. The first-order chi connectivity index (χ1) is 3.41. The normalized spacial score (nSPS) is 8.25. The highest BCUT2D eigenvalue weighted by atomic mass is 79.9. The molecule has 0 aliphatic carbocycles. The van der Waals surface area contributed by atoms with E-state index in [1.807, 2.05) is 0 Å². The van der Waals surface area contributed by atoms with Crippen molar-refractivity contribution in [1.29, 1.82) is 0 Å². The van der Waals surface area contributed by atoms with Gasteiger partial charge in [-0.05, 0) is 6.42 Å². The van der Waals surface area contributed by atoms with Crippen LogP contribution < -0.4 is 0 Å². The standard InChI is InChI=1S/C6H13Br.C/c1-2-3-4-5-6-7;/h2-6H2,1H3;. The van der Waals surface area contributed by atoms with Gasteiger partial charge < -0.3 is 0 Å². The maximum absolute atomic E-state index is 3.38. The van der Waals surface area contributed by atoms with Crippen LogP contribution >= 0.6 is 15.9 Å². The zero-order valence-electron chi connectivity index (χ0n) is 5.41. The molecule has 0 heterocycles. The summed E-state index contributed by atoms with van der Waals surface area (Å²) >= 11 is 3.38. The largest absolute Gasteiger partial charge is 0.0928 e. The number of rotatable bonds is 4. The van der Waals surface area contributed by atoms with E-state index in [1.165, 1.54) is 31.0 Å². The summed E-state index contributed by atoms with van der Waals surface area (Å²) in [7, 11) is 0. The summed E-state index contributed by atoms with van der Waals surface area (Å²) in [6, 6.07) is 0. The average molecular weight is 177 g/mol. The average Bonchev–Trinajstić information content (AvgIpc) is 1.69. The molecule has 0 amide bonds. The summed E-state index contributed by atoms with van der Waals surface area (Å²) in [5.41, 5.74) is 0. The van der Waals surface area contributed by atoms with Gasteiger partial charge in [0.1, 0.15) is 0 Å². The van der Waals surface area contributed by atoms with Gasteiger partial charge in [-0.25, -0.2) is 0 Å². The van der Waals surface area contributed by atoms with E-state index in [0.717, 1.165) is 0 Å². The van der Waals surface area contributed by atoms with E-state index in [-0.39, 0.29) is 7.43 Å². The minimum Gasteiger partial charge on any atom is -0.0928 e. The lowest BCUT2D eigenvalue weighted by molar-refractivity contribution is 0.708. The van der Waals surface area contributed by atoms with E-state index in [9.17, 15) is 0 Å². The molecular weight excluding hydrogens is 164 g/mol. The van der Waals surface area contributed by atoms with Crippen LogP contribution in [0, 0.1) is 7.43 Å². The molecule has 0 aromatic rings. The molecule has 0 N–H and O–H groups in total. The molecule has 0 spiro atoms. The Hall–Kier alpha value is 0.480. The number of hydrogen-bond acceptors (Lipinski definition) is 0. The van der Waals surface area contributed by atoms with E-state index in [4.69, 9.17) is 0 Å². The topological polar surface area (TPSA) is 0 Å². The Morgan fingerprint density at radius 3 is 2.12 bits per heavy atom. The van der Waals surface area contributed by atoms with Gasteiger partial charge in [-0.2, -0.15) is 0 Å². The van der Waals surface area contributed by atoms with Gasteiger partial charge in [-0.3, -0.25) is 0 Å². The second-order valence-electron chi connectivity index (χ2n) is 1.75. The van der Waals surface area contributed by atoms with Crippen LogP contribution in [0.1, 0.15) is 32.6 Å².